The van der Waals surface area contributed by atoms with Crippen molar-refractivity contribution >= 4 is 28.4 Å². The van der Waals surface area contributed by atoms with Gasteiger partial charge in [0, 0.05) is 11.3 Å². The number of aromatic nitrogens is 4. The van der Waals surface area contributed by atoms with E-state index >= 15 is 0 Å². The van der Waals surface area contributed by atoms with Crippen molar-refractivity contribution in [1.82, 2.24) is 19.7 Å². The number of hydrogen-bond acceptors (Lipinski definition) is 5. The summed E-state index contributed by atoms with van der Waals surface area (Å²) >= 11 is 0. The predicted octanol–water partition coefficient (Wildman–Crippen LogP) is 2.80. The van der Waals surface area contributed by atoms with E-state index in [0.717, 1.165) is 5.69 Å². The molecule has 0 spiro atoms. The van der Waals surface area contributed by atoms with E-state index in [-0.39, 0.29) is 5.82 Å². The Morgan fingerprint density at radius 1 is 1.04 bits per heavy atom. The van der Waals surface area contributed by atoms with Crippen molar-refractivity contribution in [2.75, 3.05) is 5.32 Å². The highest BCUT2D eigenvalue weighted by atomic mass is 19.1. The Balaban J connectivity index is 1.70. The molecule has 7 nitrogen and oxygen atoms in total. The third-order valence-electron chi connectivity index (χ3n) is 3.87. The summed E-state index contributed by atoms with van der Waals surface area (Å²) in [5.74, 6) is -0.238. The van der Waals surface area contributed by atoms with Gasteiger partial charge >= 0.3 is 0 Å². The second-order valence-electron chi connectivity index (χ2n) is 5.56. The van der Waals surface area contributed by atoms with Crippen LogP contribution in [0, 0.1) is 5.82 Å². The lowest BCUT2D eigenvalue weighted by Crippen LogP contribution is -2.10. The molecule has 0 saturated carbocycles. The molecule has 4 aromatic rings. The molecular formula is C18H13FN6O. The molecule has 128 valence electrons. The van der Waals surface area contributed by atoms with Crippen LogP contribution < -0.4 is 11.1 Å². The van der Waals surface area contributed by atoms with Gasteiger partial charge in [-0.3, -0.25) is 4.79 Å². The quantitative estimate of drug-likeness (QED) is 0.591. The van der Waals surface area contributed by atoms with Crippen molar-refractivity contribution in [3.63, 3.8) is 0 Å². The third kappa shape index (κ3) is 2.84. The van der Waals surface area contributed by atoms with Gasteiger partial charge in [0.1, 0.15) is 18.0 Å². The Hall–Kier alpha value is -3.81. The number of nitrogens with two attached hydrogens (primary N) is 1. The van der Waals surface area contributed by atoms with Crippen molar-refractivity contribution in [3.8, 4) is 5.69 Å². The largest absolute Gasteiger partial charge is 0.366 e. The summed E-state index contributed by atoms with van der Waals surface area (Å²) < 4.78 is 14.7. The average molecular weight is 348 g/mol. The minimum absolute atomic E-state index is 0.318. The number of hydrogen-bond donors (Lipinski definition) is 2. The van der Waals surface area contributed by atoms with Crippen LogP contribution in [-0.2, 0) is 0 Å². The molecule has 8 heteroatoms. The van der Waals surface area contributed by atoms with E-state index in [4.69, 9.17) is 5.73 Å². The fourth-order valence-electron chi connectivity index (χ4n) is 2.57. The maximum absolute atomic E-state index is 13.1. The first-order valence-corrected chi connectivity index (χ1v) is 7.73. The number of carbonyl (C=O) groups is 1. The predicted molar refractivity (Wildman–Crippen MR) is 94.9 cm³/mol. The molecule has 0 saturated heterocycles. The first-order chi connectivity index (χ1) is 12.6. The summed E-state index contributed by atoms with van der Waals surface area (Å²) in [4.78, 5) is 19.7. The van der Waals surface area contributed by atoms with Crippen LogP contribution in [0.15, 0.2) is 61.1 Å². The van der Waals surface area contributed by atoms with Crippen molar-refractivity contribution in [2.45, 2.75) is 0 Å². The van der Waals surface area contributed by atoms with Crippen LogP contribution in [0.4, 0.5) is 15.9 Å². The van der Waals surface area contributed by atoms with Crippen LogP contribution in [-0.4, -0.2) is 25.7 Å². The Kier molecular flexibility index (Phi) is 3.77. The monoisotopic (exact) mass is 348 g/mol. The van der Waals surface area contributed by atoms with Gasteiger partial charge in [-0.15, -0.1) is 0 Å². The molecule has 2 heterocycles. The number of rotatable bonds is 4. The van der Waals surface area contributed by atoms with E-state index in [1.807, 2.05) is 0 Å². The molecule has 3 N–H and O–H groups in total. The lowest BCUT2D eigenvalue weighted by molar-refractivity contribution is 0.100. The zero-order valence-corrected chi connectivity index (χ0v) is 13.4. The average Bonchev–Trinajstić information content (AvgIpc) is 3.08. The van der Waals surface area contributed by atoms with Gasteiger partial charge in [-0.25, -0.2) is 19.0 Å². The number of nitrogens with zero attached hydrogens (tertiary/aromatic N) is 4. The topological polar surface area (TPSA) is 98.7 Å². The van der Waals surface area contributed by atoms with Gasteiger partial charge < -0.3 is 11.1 Å². The van der Waals surface area contributed by atoms with Crippen molar-refractivity contribution < 1.29 is 9.18 Å². The molecule has 0 atom stereocenters. The van der Waals surface area contributed by atoms with Crippen molar-refractivity contribution in [2.24, 2.45) is 5.73 Å². The minimum atomic E-state index is -0.485. The van der Waals surface area contributed by atoms with Gasteiger partial charge in [0.15, 0.2) is 5.65 Å². The van der Waals surface area contributed by atoms with E-state index in [2.05, 4.69) is 20.4 Å². The Labute approximate surface area is 147 Å². The number of benzene rings is 2. The maximum Gasteiger partial charge on any atom is 0.248 e. The molecule has 1 amide bonds. The summed E-state index contributed by atoms with van der Waals surface area (Å²) in [6, 6.07) is 12.7. The Morgan fingerprint density at radius 2 is 1.77 bits per heavy atom. The SMILES string of the molecule is NC(=O)c1ccc(Nc2ncnc3c2cnn3-c2ccc(F)cc2)cc1. The molecule has 0 fully saturated rings. The van der Waals surface area contributed by atoms with Crippen LogP contribution >= 0.6 is 0 Å². The standard InChI is InChI=1S/C18H13FN6O/c19-12-3-7-14(8-4-12)25-18-15(9-23-25)17(21-10-22-18)24-13-5-1-11(2-6-13)16(20)26/h1-10H,(H2,20,26)(H,21,22,24). The number of anilines is 2. The highest BCUT2D eigenvalue weighted by Gasteiger charge is 2.11. The minimum Gasteiger partial charge on any atom is -0.366 e. The lowest BCUT2D eigenvalue weighted by Gasteiger charge is -2.07. The fraction of sp³-hybridized carbons (Fsp3) is 0. The Morgan fingerprint density at radius 3 is 2.46 bits per heavy atom. The third-order valence-corrected chi connectivity index (χ3v) is 3.87. The number of amides is 1. The number of halogens is 1. The molecule has 2 aromatic carbocycles. The second-order valence-corrected chi connectivity index (χ2v) is 5.56. The second kappa shape index (κ2) is 6.25. The smallest absolute Gasteiger partial charge is 0.248 e. The summed E-state index contributed by atoms with van der Waals surface area (Å²) in [5, 5.41) is 8.20. The van der Waals surface area contributed by atoms with Gasteiger partial charge in [-0.05, 0) is 48.5 Å². The molecular weight excluding hydrogens is 335 g/mol. The number of primary amides is 1. The normalized spacial score (nSPS) is 10.8. The number of fused-ring (bicyclic) bond motifs is 1. The van der Waals surface area contributed by atoms with Crippen molar-refractivity contribution in [3.05, 3.63) is 72.4 Å². The molecule has 0 unspecified atom stereocenters. The zero-order chi connectivity index (χ0) is 18.1. The van der Waals surface area contributed by atoms with E-state index in [1.54, 1.807) is 47.3 Å². The fourth-order valence-corrected chi connectivity index (χ4v) is 2.57. The summed E-state index contributed by atoms with van der Waals surface area (Å²) in [6.07, 6.45) is 3.06. The van der Waals surface area contributed by atoms with Crippen LogP contribution in [0.25, 0.3) is 16.7 Å². The highest BCUT2D eigenvalue weighted by molar-refractivity contribution is 5.93. The van der Waals surface area contributed by atoms with Gasteiger partial charge in [-0.1, -0.05) is 0 Å². The summed E-state index contributed by atoms with van der Waals surface area (Å²) in [7, 11) is 0. The van der Waals surface area contributed by atoms with Crippen LogP contribution in [0.2, 0.25) is 0 Å². The molecule has 26 heavy (non-hydrogen) atoms. The van der Waals surface area contributed by atoms with E-state index < -0.39 is 5.91 Å². The summed E-state index contributed by atoms with van der Waals surface area (Å²) in [5.41, 5.74) is 7.69. The Bertz CT molecular complexity index is 1090. The molecule has 0 bridgehead atoms. The van der Waals surface area contributed by atoms with Crippen LogP contribution in [0.3, 0.4) is 0 Å². The zero-order valence-electron chi connectivity index (χ0n) is 13.4. The summed E-state index contributed by atoms with van der Waals surface area (Å²) in [6.45, 7) is 0. The molecule has 0 radical (unpaired) electrons. The van der Waals surface area contributed by atoms with Gasteiger partial charge in [0.2, 0.25) is 5.91 Å². The molecule has 0 aliphatic carbocycles. The van der Waals surface area contributed by atoms with Gasteiger partial charge in [0.25, 0.3) is 0 Å². The first-order valence-electron chi connectivity index (χ1n) is 7.73. The van der Waals surface area contributed by atoms with E-state index in [1.165, 1.54) is 18.5 Å². The number of carbonyl (C=O) groups excluding carboxylic acids is 1. The molecule has 0 aliphatic rings. The van der Waals surface area contributed by atoms with Crippen molar-refractivity contribution in [1.29, 1.82) is 0 Å². The van der Waals surface area contributed by atoms with E-state index in [0.29, 0.717) is 28.1 Å². The van der Waals surface area contributed by atoms with Crippen LogP contribution in [0.1, 0.15) is 10.4 Å². The first kappa shape index (κ1) is 15.7. The lowest BCUT2D eigenvalue weighted by atomic mass is 10.2. The van der Waals surface area contributed by atoms with Crippen LogP contribution in [0.5, 0.6) is 0 Å². The molecule has 2 aromatic heterocycles. The molecule has 0 aliphatic heterocycles. The van der Waals surface area contributed by atoms with E-state index in [9.17, 15) is 9.18 Å². The van der Waals surface area contributed by atoms with Gasteiger partial charge in [0.05, 0.1) is 17.3 Å². The highest BCUT2D eigenvalue weighted by Crippen LogP contribution is 2.24. The maximum atomic E-state index is 13.1. The molecule has 4 rings (SSSR count). The van der Waals surface area contributed by atoms with Gasteiger partial charge in [-0.2, -0.15) is 5.10 Å². The number of nitrogens with one attached hydrogen (secondary N) is 1.